The number of hydrogen-bond acceptors (Lipinski definition) is 5. The van der Waals surface area contributed by atoms with E-state index in [0.29, 0.717) is 11.3 Å². The van der Waals surface area contributed by atoms with Gasteiger partial charge < -0.3 is 19.5 Å². The summed E-state index contributed by atoms with van der Waals surface area (Å²) in [6.45, 7) is 6.74. The maximum Gasteiger partial charge on any atom is 0.169 e. The van der Waals surface area contributed by atoms with Crippen molar-refractivity contribution in [3.63, 3.8) is 0 Å². The zero-order chi connectivity index (χ0) is 14.5. The summed E-state index contributed by atoms with van der Waals surface area (Å²) in [6.07, 6.45) is 6.83. The van der Waals surface area contributed by atoms with Crippen LogP contribution in [0.2, 0.25) is 0 Å². The summed E-state index contributed by atoms with van der Waals surface area (Å²) in [5.41, 5.74) is 0. The quantitative estimate of drug-likeness (QED) is 0.844. The largest absolute Gasteiger partial charge is 0.381 e. The fourth-order valence-electron chi connectivity index (χ4n) is 3.64. The minimum Gasteiger partial charge on any atom is -0.381 e. The van der Waals surface area contributed by atoms with Crippen LogP contribution in [0.25, 0.3) is 0 Å². The summed E-state index contributed by atoms with van der Waals surface area (Å²) in [4.78, 5) is 0. The maximum absolute atomic E-state index is 5.97. The molecule has 0 bridgehead atoms. The van der Waals surface area contributed by atoms with Crippen molar-refractivity contribution in [1.82, 2.24) is 5.32 Å². The monoisotopic (exact) mass is 315 g/mol. The van der Waals surface area contributed by atoms with E-state index in [4.69, 9.17) is 14.2 Å². The van der Waals surface area contributed by atoms with Gasteiger partial charge in [0.1, 0.15) is 0 Å². The molecule has 3 aliphatic rings. The van der Waals surface area contributed by atoms with Crippen molar-refractivity contribution in [3.05, 3.63) is 0 Å². The molecule has 2 aliphatic heterocycles. The highest BCUT2D eigenvalue weighted by molar-refractivity contribution is 8.00. The lowest BCUT2D eigenvalue weighted by Gasteiger charge is -2.42. The summed E-state index contributed by atoms with van der Waals surface area (Å²) in [6, 6.07) is 0.608. The molecule has 2 unspecified atom stereocenters. The summed E-state index contributed by atoms with van der Waals surface area (Å²) in [5, 5.41) is 5.10. The Morgan fingerprint density at radius 1 is 1.10 bits per heavy atom. The van der Waals surface area contributed by atoms with E-state index in [1.807, 2.05) is 0 Å². The second kappa shape index (κ2) is 7.64. The second-order valence-corrected chi connectivity index (χ2v) is 7.94. The molecule has 1 aliphatic carbocycles. The number of thioether (sulfide) groups is 1. The molecular weight excluding hydrogens is 286 g/mol. The third kappa shape index (κ3) is 4.14. The standard InChI is InChI=1S/C16H29NO3S/c1-2-7-17-14-3-6-16(19-10-11-20-16)12-15(14)21-13-4-8-18-9-5-13/h13-15,17H,2-12H2,1H3. The molecule has 4 nitrogen and oxygen atoms in total. The molecule has 0 aromatic carbocycles. The summed E-state index contributed by atoms with van der Waals surface area (Å²) < 4.78 is 17.4. The molecule has 2 saturated heterocycles. The maximum atomic E-state index is 5.97. The number of hydrogen-bond donors (Lipinski definition) is 1. The molecule has 0 aromatic heterocycles. The van der Waals surface area contributed by atoms with Gasteiger partial charge in [0.15, 0.2) is 5.79 Å². The molecule has 5 heteroatoms. The van der Waals surface area contributed by atoms with Crippen LogP contribution in [-0.4, -0.2) is 55.3 Å². The van der Waals surface area contributed by atoms with Crippen molar-refractivity contribution in [2.24, 2.45) is 0 Å². The molecular formula is C16H29NO3S. The summed E-state index contributed by atoms with van der Waals surface area (Å²) in [7, 11) is 0. The van der Waals surface area contributed by atoms with Crippen LogP contribution in [0.3, 0.4) is 0 Å². The molecule has 3 fully saturated rings. The second-order valence-electron chi connectivity index (χ2n) is 6.40. The van der Waals surface area contributed by atoms with Crippen LogP contribution in [-0.2, 0) is 14.2 Å². The van der Waals surface area contributed by atoms with Crippen LogP contribution < -0.4 is 5.32 Å². The highest BCUT2D eigenvalue weighted by Gasteiger charge is 2.45. The molecule has 122 valence electrons. The number of nitrogens with one attached hydrogen (secondary N) is 1. The molecule has 0 amide bonds. The van der Waals surface area contributed by atoms with Gasteiger partial charge in [-0.3, -0.25) is 0 Å². The van der Waals surface area contributed by atoms with E-state index in [1.54, 1.807) is 0 Å². The first-order valence-corrected chi connectivity index (χ1v) is 9.50. The molecule has 2 atom stereocenters. The highest BCUT2D eigenvalue weighted by atomic mass is 32.2. The average molecular weight is 315 g/mol. The van der Waals surface area contributed by atoms with Crippen LogP contribution in [0.1, 0.15) is 45.4 Å². The van der Waals surface area contributed by atoms with Gasteiger partial charge in [-0.1, -0.05) is 6.92 Å². The van der Waals surface area contributed by atoms with Gasteiger partial charge in [0, 0.05) is 42.6 Å². The van der Waals surface area contributed by atoms with Gasteiger partial charge in [0.25, 0.3) is 0 Å². The van der Waals surface area contributed by atoms with Gasteiger partial charge >= 0.3 is 0 Å². The molecule has 1 spiro atoms. The number of ether oxygens (including phenoxy) is 3. The zero-order valence-electron chi connectivity index (χ0n) is 13.1. The Balaban J connectivity index is 1.60. The first kappa shape index (κ1) is 16.1. The normalized spacial score (nSPS) is 33.6. The predicted octanol–water partition coefficient (Wildman–Crippen LogP) is 2.56. The van der Waals surface area contributed by atoms with Crippen LogP contribution in [0.4, 0.5) is 0 Å². The first-order valence-electron chi connectivity index (χ1n) is 8.56. The van der Waals surface area contributed by atoms with Gasteiger partial charge in [0.2, 0.25) is 0 Å². The Morgan fingerprint density at radius 2 is 1.86 bits per heavy atom. The van der Waals surface area contributed by atoms with Gasteiger partial charge in [-0.2, -0.15) is 11.8 Å². The van der Waals surface area contributed by atoms with E-state index in [1.165, 1.54) is 25.7 Å². The van der Waals surface area contributed by atoms with E-state index in [9.17, 15) is 0 Å². The molecule has 2 heterocycles. The Kier molecular flexibility index (Phi) is 5.85. The van der Waals surface area contributed by atoms with Crippen LogP contribution in [0.15, 0.2) is 0 Å². The Bertz CT molecular complexity index is 317. The Hall–Kier alpha value is 0.190. The molecule has 1 N–H and O–H groups in total. The Morgan fingerprint density at radius 3 is 2.57 bits per heavy atom. The van der Waals surface area contributed by atoms with Crippen molar-refractivity contribution < 1.29 is 14.2 Å². The van der Waals surface area contributed by atoms with E-state index < -0.39 is 0 Å². The summed E-state index contributed by atoms with van der Waals surface area (Å²) in [5.74, 6) is -0.271. The minimum absolute atomic E-state index is 0.271. The van der Waals surface area contributed by atoms with Crippen molar-refractivity contribution in [2.45, 2.75) is 67.8 Å². The SMILES string of the molecule is CCCNC1CCC2(CC1SC1CCOCC1)OCCO2. The fraction of sp³-hybridized carbons (Fsp3) is 1.00. The summed E-state index contributed by atoms with van der Waals surface area (Å²) >= 11 is 2.16. The lowest BCUT2D eigenvalue weighted by Crippen LogP contribution is -2.50. The molecule has 21 heavy (non-hydrogen) atoms. The molecule has 0 aromatic rings. The third-order valence-corrected chi connectivity index (χ3v) is 6.50. The van der Waals surface area contributed by atoms with Crippen LogP contribution >= 0.6 is 11.8 Å². The zero-order valence-corrected chi connectivity index (χ0v) is 14.0. The molecule has 0 radical (unpaired) electrons. The van der Waals surface area contributed by atoms with E-state index in [-0.39, 0.29) is 5.79 Å². The van der Waals surface area contributed by atoms with Crippen molar-refractivity contribution in [2.75, 3.05) is 33.0 Å². The lowest BCUT2D eigenvalue weighted by molar-refractivity contribution is -0.178. The van der Waals surface area contributed by atoms with Gasteiger partial charge in [-0.25, -0.2) is 0 Å². The Labute approximate surface area is 132 Å². The van der Waals surface area contributed by atoms with Gasteiger partial charge in [0.05, 0.1) is 13.2 Å². The topological polar surface area (TPSA) is 39.7 Å². The van der Waals surface area contributed by atoms with E-state index in [0.717, 1.165) is 51.1 Å². The van der Waals surface area contributed by atoms with E-state index in [2.05, 4.69) is 24.0 Å². The molecule has 3 rings (SSSR count). The van der Waals surface area contributed by atoms with Crippen molar-refractivity contribution >= 4 is 11.8 Å². The van der Waals surface area contributed by atoms with Gasteiger partial charge in [-0.05, 0) is 32.2 Å². The average Bonchev–Trinajstić information content (AvgIpc) is 2.96. The van der Waals surface area contributed by atoms with Crippen LogP contribution in [0.5, 0.6) is 0 Å². The lowest BCUT2D eigenvalue weighted by atomic mass is 9.89. The minimum atomic E-state index is -0.271. The highest BCUT2D eigenvalue weighted by Crippen LogP contribution is 2.42. The van der Waals surface area contributed by atoms with E-state index >= 15 is 0 Å². The third-order valence-electron chi connectivity index (χ3n) is 4.80. The van der Waals surface area contributed by atoms with Gasteiger partial charge in [-0.15, -0.1) is 0 Å². The molecule has 1 saturated carbocycles. The smallest absolute Gasteiger partial charge is 0.169 e. The predicted molar refractivity (Wildman–Crippen MR) is 85.8 cm³/mol. The van der Waals surface area contributed by atoms with Crippen molar-refractivity contribution in [3.8, 4) is 0 Å². The van der Waals surface area contributed by atoms with Crippen molar-refractivity contribution in [1.29, 1.82) is 0 Å². The first-order chi connectivity index (χ1) is 10.3. The fourth-order valence-corrected chi connectivity index (χ4v) is 5.37. The number of rotatable bonds is 5. The van der Waals surface area contributed by atoms with Crippen LogP contribution in [0, 0.1) is 0 Å².